The van der Waals surface area contributed by atoms with Gasteiger partial charge >= 0.3 is 5.97 Å². The summed E-state index contributed by atoms with van der Waals surface area (Å²) in [6.07, 6.45) is 1.10. The first-order valence-electron chi connectivity index (χ1n) is 7.28. The molecule has 1 aromatic heterocycles. The van der Waals surface area contributed by atoms with Gasteiger partial charge in [-0.25, -0.2) is 13.2 Å². The molecule has 0 radical (unpaired) electrons. The fourth-order valence-corrected chi connectivity index (χ4v) is 2.69. The van der Waals surface area contributed by atoms with Gasteiger partial charge in [0.1, 0.15) is 0 Å². The molecule has 0 amide bonds. The van der Waals surface area contributed by atoms with Crippen molar-refractivity contribution in [3.05, 3.63) is 66.1 Å². The van der Waals surface area contributed by atoms with Gasteiger partial charge in [0.05, 0.1) is 10.5 Å². The van der Waals surface area contributed by atoms with Crippen LogP contribution in [0.1, 0.15) is 16.2 Å². The van der Waals surface area contributed by atoms with Crippen molar-refractivity contribution in [3.63, 3.8) is 0 Å². The van der Waals surface area contributed by atoms with E-state index in [0.29, 0.717) is 5.89 Å². The van der Waals surface area contributed by atoms with E-state index in [2.05, 4.69) is 10.2 Å². The second-order valence-electron chi connectivity index (χ2n) is 5.24. The second-order valence-corrected chi connectivity index (χ2v) is 7.26. The van der Waals surface area contributed by atoms with Crippen LogP contribution >= 0.6 is 0 Å². The Kier molecular flexibility index (Phi) is 4.62. The monoisotopic (exact) mass is 358 g/mol. The second kappa shape index (κ2) is 6.86. The first kappa shape index (κ1) is 16.8. The van der Waals surface area contributed by atoms with Crippen LogP contribution in [0.2, 0.25) is 0 Å². The fraction of sp³-hybridized carbons (Fsp3) is 0.118. The Morgan fingerprint density at radius 3 is 2.36 bits per heavy atom. The van der Waals surface area contributed by atoms with Crippen LogP contribution in [0.3, 0.4) is 0 Å². The predicted molar refractivity (Wildman–Crippen MR) is 88.4 cm³/mol. The standard InChI is InChI=1S/C17H14N2O5S/c1-25(21,22)14-9-7-13(8-10-14)17(20)23-11-15-18-19-16(24-15)12-5-3-2-4-6-12/h2-10H,11H2,1H3. The summed E-state index contributed by atoms with van der Waals surface area (Å²) < 4.78 is 33.3. The first-order valence-corrected chi connectivity index (χ1v) is 9.18. The van der Waals surface area contributed by atoms with Crippen molar-refractivity contribution >= 4 is 15.8 Å². The highest BCUT2D eigenvalue weighted by Gasteiger charge is 2.13. The van der Waals surface area contributed by atoms with Crippen LogP contribution in [0.4, 0.5) is 0 Å². The number of benzene rings is 2. The number of carbonyl (C=O) groups excluding carboxylic acids is 1. The van der Waals surface area contributed by atoms with E-state index in [0.717, 1.165) is 11.8 Å². The third-order valence-corrected chi connectivity index (χ3v) is 4.46. The molecule has 8 heteroatoms. The zero-order chi connectivity index (χ0) is 17.9. The highest BCUT2D eigenvalue weighted by atomic mass is 32.2. The minimum Gasteiger partial charge on any atom is -0.452 e. The lowest BCUT2D eigenvalue weighted by molar-refractivity contribution is 0.0438. The molecule has 2 aromatic carbocycles. The lowest BCUT2D eigenvalue weighted by Crippen LogP contribution is -2.06. The van der Waals surface area contributed by atoms with Crippen molar-refractivity contribution in [2.24, 2.45) is 0 Å². The summed E-state index contributed by atoms with van der Waals surface area (Å²) in [5.74, 6) is -0.108. The number of hydrogen-bond donors (Lipinski definition) is 0. The van der Waals surface area contributed by atoms with Crippen LogP contribution in [0, 0.1) is 0 Å². The summed E-state index contributed by atoms with van der Waals surface area (Å²) in [7, 11) is -3.31. The van der Waals surface area contributed by atoms with Gasteiger partial charge in [-0.1, -0.05) is 18.2 Å². The van der Waals surface area contributed by atoms with Gasteiger partial charge < -0.3 is 9.15 Å². The van der Waals surface area contributed by atoms with Gasteiger partial charge in [-0.2, -0.15) is 0 Å². The number of rotatable bonds is 5. The van der Waals surface area contributed by atoms with Crippen molar-refractivity contribution < 1.29 is 22.4 Å². The van der Waals surface area contributed by atoms with Crippen molar-refractivity contribution in [2.75, 3.05) is 6.26 Å². The molecule has 0 aliphatic rings. The quantitative estimate of drug-likeness (QED) is 0.646. The van der Waals surface area contributed by atoms with Crippen LogP contribution in [-0.2, 0) is 21.2 Å². The summed E-state index contributed by atoms with van der Waals surface area (Å²) in [6, 6.07) is 14.7. The van der Waals surface area contributed by atoms with Crippen molar-refractivity contribution in [1.82, 2.24) is 10.2 Å². The zero-order valence-corrected chi connectivity index (χ0v) is 14.1. The average Bonchev–Trinajstić information content (AvgIpc) is 3.09. The molecule has 25 heavy (non-hydrogen) atoms. The van der Waals surface area contributed by atoms with Crippen LogP contribution in [0.25, 0.3) is 11.5 Å². The Morgan fingerprint density at radius 1 is 1.04 bits per heavy atom. The number of sulfone groups is 1. The van der Waals surface area contributed by atoms with E-state index in [1.165, 1.54) is 24.3 Å². The van der Waals surface area contributed by atoms with Crippen molar-refractivity contribution in [1.29, 1.82) is 0 Å². The Labute approximate surface area is 144 Å². The molecule has 0 N–H and O–H groups in total. The van der Waals surface area contributed by atoms with E-state index in [1.807, 2.05) is 30.3 Å². The topological polar surface area (TPSA) is 99.4 Å². The lowest BCUT2D eigenvalue weighted by Gasteiger charge is -2.03. The SMILES string of the molecule is CS(=O)(=O)c1ccc(C(=O)OCc2nnc(-c3ccccc3)o2)cc1. The molecule has 3 rings (SSSR count). The van der Waals surface area contributed by atoms with Gasteiger partial charge in [0, 0.05) is 11.8 Å². The lowest BCUT2D eigenvalue weighted by atomic mass is 10.2. The van der Waals surface area contributed by atoms with Crippen molar-refractivity contribution in [2.45, 2.75) is 11.5 Å². The zero-order valence-electron chi connectivity index (χ0n) is 13.2. The van der Waals surface area contributed by atoms with E-state index in [-0.39, 0.29) is 23.0 Å². The third-order valence-electron chi connectivity index (χ3n) is 3.33. The number of carbonyl (C=O) groups is 1. The van der Waals surface area contributed by atoms with Gasteiger partial charge in [0.15, 0.2) is 16.4 Å². The van der Waals surface area contributed by atoms with E-state index >= 15 is 0 Å². The van der Waals surface area contributed by atoms with Crippen LogP contribution < -0.4 is 0 Å². The molecule has 0 bridgehead atoms. The minimum absolute atomic E-state index is 0.133. The van der Waals surface area contributed by atoms with E-state index < -0.39 is 15.8 Å². The van der Waals surface area contributed by atoms with Gasteiger partial charge in [-0.3, -0.25) is 0 Å². The first-order chi connectivity index (χ1) is 11.9. The normalized spacial score (nSPS) is 11.2. The summed E-state index contributed by atoms with van der Waals surface area (Å²) in [6.45, 7) is -0.174. The number of hydrogen-bond acceptors (Lipinski definition) is 7. The van der Waals surface area contributed by atoms with Gasteiger partial charge in [0.2, 0.25) is 5.89 Å². The molecular formula is C17H14N2O5S. The molecule has 128 valence electrons. The maximum Gasteiger partial charge on any atom is 0.338 e. The van der Waals surface area contributed by atoms with Gasteiger partial charge in [-0.05, 0) is 36.4 Å². The molecular weight excluding hydrogens is 344 g/mol. The van der Waals surface area contributed by atoms with Crippen molar-refractivity contribution in [3.8, 4) is 11.5 Å². The average molecular weight is 358 g/mol. The Hall–Kier alpha value is -3.00. The third kappa shape index (κ3) is 4.10. The summed E-state index contributed by atoms with van der Waals surface area (Å²) >= 11 is 0. The molecule has 3 aromatic rings. The Bertz CT molecular complexity index is 979. The maximum absolute atomic E-state index is 12.0. The summed E-state index contributed by atoms with van der Waals surface area (Å²) in [5.41, 5.74) is 0.999. The minimum atomic E-state index is -3.31. The Balaban J connectivity index is 1.64. The number of ether oxygens (including phenoxy) is 1. The molecule has 0 saturated heterocycles. The number of esters is 1. The molecule has 0 saturated carbocycles. The molecule has 0 aliphatic carbocycles. The number of aromatic nitrogens is 2. The molecule has 1 heterocycles. The molecule has 0 aliphatic heterocycles. The highest BCUT2D eigenvalue weighted by molar-refractivity contribution is 7.90. The smallest absolute Gasteiger partial charge is 0.338 e. The van der Waals surface area contributed by atoms with Crippen LogP contribution in [0.15, 0.2) is 63.9 Å². The maximum atomic E-state index is 12.0. The summed E-state index contributed by atoms with van der Waals surface area (Å²) in [4.78, 5) is 12.1. The molecule has 0 spiro atoms. The largest absolute Gasteiger partial charge is 0.452 e. The summed E-state index contributed by atoms with van der Waals surface area (Å²) in [5, 5.41) is 7.73. The predicted octanol–water partition coefficient (Wildman–Crippen LogP) is 2.50. The van der Waals surface area contributed by atoms with Crippen LogP contribution in [0.5, 0.6) is 0 Å². The molecule has 0 fully saturated rings. The Morgan fingerprint density at radius 2 is 1.72 bits per heavy atom. The van der Waals surface area contributed by atoms with E-state index in [9.17, 15) is 13.2 Å². The molecule has 0 unspecified atom stereocenters. The highest BCUT2D eigenvalue weighted by Crippen LogP contribution is 2.17. The van der Waals surface area contributed by atoms with Crippen LogP contribution in [-0.4, -0.2) is 30.8 Å². The molecule has 7 nitrogen and oxygen atoms in total. The number of nitrogens with zero attached hydrogens (tertiary/aromatic N) is 2. The van der Waals surface area contributed by atoms with Gasteiger partial charge in [-0.15, -0.1) is 10.2 Å². The van der Waals surface area contributed by atoms with E-state index in [4.69, 9.17) is 9.15 Å². The fourth-order valence-electron chi connectivity index (χ4n) is 2.06. The van der Waals surface area contributed by atoms with E-state index in [1.54, 1.807) is 0 Å². The molecule has 0 atom stereocenters. The van der Waals surface area contributed by atoms with Gasteiger partial charge in [0.25, 0.3) is 5.89 Å².